The molecule has 1 aromatic carbocycles. The summed E-state index contributed by atoms with van der Waals surface area (Å²) in [6.07, 6.45) is 0. The smallest absolute Gasteiger partial charge is 0.323 e. The second-order valence-corrected chi connectivity index (χ2v) is 4.53. The van der Waals surface area contributed by atoms with E-state index in [1.807, 2.05) is 24.1 Å². The topological polar surface area (TPSA) is 72.9 Å². The van der Waals surface area contributed by atoms with Gasteiger partial charge in [0.1, 0.15) is 12.6 Å². The molecule has 102 valence electrons. The van der Waals surface area contributed by atoms with Crippen LogP contribution >= 0.6 is 0 Å². The van der Waals surface area contributed by atoms with Gasteiger partial charge in [0.2, 0.25) is 5.91 Å². The Kier molecular flexibility index (Phi) is 3.71. The maximum Gasteiger partial charge on any atom is 0.323 e. The number of nitrogens with one attached hydrogen (secondary N) is 1. The molecule has 1 atom stereocenters. The molecule has 0 bridgehead atoms. The molecule has 0 radical (unpaired) electrons. The van der Waals surface area contributed by atoms with E-state index >= 15 is 0 Å². The Morgan fingerprint density at radius 2 is 2.05 bits per heavy atom. The van der Waals surface area contributed by atoms with Crippen molar-refractivity contribution >= 4 is 23.3 Å². The van der Waals surface area contributed by atoms with E-state index in [4.69, 9.17) is 5.11 Å². The lowest BCUT2D eigenvalue weighted by Crippen LogP contribution is -2.49. The minimum atomic E-state index is -1.03. The molecular formula is C13H17N3O3. The number of benzene rings is 1. The van der Waals surface area contributed by atoms with Gasteiger partial charge >= 0.3 is 5.97 Å². The lowest BCUT2D eigenvalue weighted by molar-refractivity contribution is -0.136. The molecule has 0 unspecified atom stereocenters. The number of carbonyl (C=O) groups is 2. The molecule has 0 aliphatic carbocycles. The predicted molar refractivity (Wildman–Crippen MR) is 72.5 cm³/mol. The van der Waals surface area contributed by atoms with Gasteiger partial charge in [-0.1, -0.05) is 12.1 Å². The summed E-state index contributed by atoms with van der Waals surface area (Å²) in [6, 6.07) is 6.91. The molecule has 1 amide bonds. The van der Waals surface area contributed by atoms with Gasteiger partial charge in [0.15, 0.2) is 0 Å². The van der Waals surface area contributed by atoms with Crippen LogP contribution in [-0.2, 0) is 9.59 Å². The van der Waals surface area contributed by atoms with Crippen LogP contribution in [0, 0.1) is 0 Å². The summed E-state index contributed by atoms with van der Waals surface area (Å²) in [7, 11) is 3.59. The fourth-order valence-electron chi connectivity index (χ4n) is 2.29. The normalized spacial score (nSPS) is 19.1. The van der Waals surface area contributed by atoms with Crippen LogP contribution < -0.4 is 15.1 Å². The third kappa shape index (κ3) is 2.53. The third-order valence-corrected chi connectivity index (χ3v) is 3.25. The van der Waals surface area contributed by atoms with Crippen molar-refractivity contribution in [1.82, 2.24) is 5.32 Å². The molecule has 1 aliphatic rings. The number of likely N-dealkylation sites (N-methyl/N-ethyl adjacent to an activating group) is 2. The van der Waals surface area contributed by atoms with Crippen molar-refractivity contribution in [3.05, 3.63) is 24.3 Å². The molecule has 1 heterocycles. The number of amides is 1. The Labute approximate surface area is 111 Å². The number of fused-ring (bicyclic) bond motifs is 1. The van der Waals surface area contributed by atoms with Gasteiger partial charge in [-0.2, -0.15) is 0 Å². The molecule has 0 fully saturated rings. The van der Waals surface area contributed by atoms with E-state index in [1.54, 1.807) is 19.2 Å². The first kappa shape index (κ1) is 13.4. The van der Waals surface area contributed by atoms with E-state index in [0.717, 1.165) is 5.69 Å². The number of hydrogen-bond donors (Lipinski definition) is 2. The summed E-state index contributed by atoms with van der Waals surface area (Å²) in [5.41, 5.74) is 1.49. The van der Waals surface area contributed by atoms with E-state index in [-0.39, 0.29) is 12.5 Å². The summed E-state index contributed by atoms with van der Waals surface area (Å²) in [4.78, 5) is 26.7. The van der Waals surface area contributed by atoms with Crippen molar-refractivity contribution in [3.8, 4) is 0 Å². The molecule has 6 nitrogen and oxygen atoms in total. The first-order valence-corrected chi connectivity index (χ1v) is 6.05. The van der Waals surface area contributed by atoms with Crippen molar-refractivity contribution in [2.45, 2.75) is 6.04 Å². The zero-order valence-corrected chi connectivity index (χ0v) is 11.0. The lowest BCUT2D eigenvalue weighted by atomic mass is 10.2. The fraction of sp³-hybridized carbons (Fsp3) is 0.385. The molecule has 0 saturated heterocycles. The maximum atomic E-state index is 12.4. The van der Waals surface area contributed by atoms with Crippen LogP contribution in [0.15, 0.2) is 24.3 Å². The summed E-state index contributed by atoms with van der Waals surface area (Å²) in [5, 5.41) is 11.9. The van der Waals surface area contributed by atoms with Crippen molar-refractivity contribution in [2.75, 3.05) is 37.0 Å². The third-order valence-electron chi connectivity index (χ3n) is 3.25. The zero-order valence-electron chi connectivity index (χ0n) is 11.0. The van der Waals surface area contributed by atoms with Gasteiger partial charge in [-0.15, -0.1) is 0 Å². The van der Waals surface area contributed by atoms with E-state index in [9.17, 15) is 9.59 Å². The Bertz CT molecular complexity index is 504. The van der Waals surface area contributed by atoms with Crippen LogP contribution in [-0.4, -0.2) is 50.2 Å². The first-order chi connectivity index (χ1) is 9.04. The molecule has 1 aromatic rings. The highest BCUT2D eigenvalue weighted by Crippen LogP contribution is 2.31. The van der Waals surface area contributed by atoms with Crippen molar-refractivity contribution in [3.63, 3.8) is 0 Å². The molecule has 2 rings (SSSR count). The number of carbonyl (C=O) groups excluding carboxylic acids is 1. The molecule has 0 saturated carbocycles. The number of anilines is 2. The van der Waals surface area contributed by atoms with Gasteiger partial charge in [0.25, 0.3) is 0 Å². The van der Waals surface area contributed by atoms with E-state index < -0.39 is 12.0 Å². The fourth-order valence-corrected chi connectivity index (χ4v) is 2.29. The summed E-state index contributed by atoms with van der Waals surface area (Å²) < 4.78 is 0. The van der Waals surface area contributed by atoms with Crippen LogP contribution in [0.4, 0.5) is 11.4 Å². The van der Waals surface area contributed by atoms with Crippen LogP contribution in [0.2, 0.25) is 0 Å². The van der Waals surface area contributed by atoms with Crippen molar-refractivity contribution < 1.29 is 14.7 Å². The predicted octanol–water partition coefficient (Wildman–Crippen LogP) is 0.142. The first-order valence-electron chi connectivity index (χ1n) is 6.05. The lowest BCUT2D eigenvalue weighted by Gasteiger charge is -2.23. The van der Waals surface area contributed by atoms with Crippen molar-refractivity contribution in [2.24, 2.45) is 0 Å². The summed E-state index contributed by atoms with van der Waals surface area (Å²) >= 11 is 0. The largest absolute Gasteiger partial charge is 0.480 e. The number of carboxylic acid groups (broad SMARTS) is 1. The molecule has 0 aromatic heterocycles. The van der Waals surface area contributed by atoms with E-state index in [2.05, 4.69) is 5.32 Å². The number of nitrogens with zero attached hydrogens (tertiary/aromatic N) is 2. The van der Waals surface area contributed by atoms with Gasteiger partial charge in [0, 0.05) is 13.6 Å². The molecule has 6 heteroatoms. The average Bonchev–Trinajstić information content (AvgIpc) is 2.49. The van der Waals surface area contributed by atoms with Gasteiger partial charge < -0.3 is 15.3 Å². The highest BCUT2D eigenvalue weighted by atomic mass is 16.4. The van der Waals surface area contributed by atoms with Crippen LogP contribution in [0.25, 0.3) is 0 Å². The van der Waals surface area contributed by atoms with Crippen LogP contribution in [0.1, 0.15) is 0 Å². The number of hydrogen-bond acceptors (Lipinski definition) is 4. The molecule has 0 spiro atoms. The van der Waals surface area contributed by atoms with Gasteiger partial charge in [-0.25, -0.2) is 0 Å². The van der Waals surface area contributed by atoms with Gasteiger partial charge in [0.05, 0.1) is 11.4 Å². The van der Waals surface area contributed by atoms with Crippen molar-refractivity contribution in [1.29, 1.82) is 0 Å². The Morgan fingerprint density at radius 1 is 1.42 bits per heavy atom. The highest BCUT2D eigenvalue weighted by Gasteiger charge is 2.32. The van der Waals surface area contributed by atoms with Gasteiger partial charge in [-0.05, 0) is 19.2 Å². The van der Waals surface area contributed by atoms with Crippen LogP contribution in [0.5, 0.6) is 0 Å². The Balaban J connectivity index is 2.49. The van der Waals surface area contributed by atoms with E-state index in [1.165, 1.54) is 4.90 Å². The maximum absolute atomic E-state index is 12.4. The summed E-state index contributed by atoms with van der Waals surface area (Å²) in [6.45, 7) is 0.171. The van der Waals surface area contributed by atoms with Gasteiger partial charge in [-0.3, -0.25) is 14.5 Å². The van der Waals surface area contributed by atoms with E-state index in [0.29, 0.717) is 12.2 Å². The minimum Gasteiger partial charge on any atom is -0.480 e. The number of aliphatic carboxylic acids is 1. The number of rotatable bonds is 3. The summed E-state index contributed by atoms with van der Waals surface area (Å²) in [5.74, 6) is -1.25. The molecular weight excluding hydrogens is 246 g/mol. The number of para-hydroxylation sites is 2. The monoisotopic (exact) mass is 263 g/mol. The Morgan fingerprint density at radius 3 is 2.63 bits per heavy atom. The number of carboxylic acids is 1. The second kappa shape index (κ2) is 5.27. The average molecular weight is 263 g/mol. The SMILES string of the molecule is CN[C@H]1CN(C)c2ccccc2N(CC(=O)O)C1=O. The zero-order chi connectivity index (χ0) is 14.0. The molecule has 19 heavy (non-hydrogen) atoms. The second-order valence-electron chi connectivity index (χ2n) is 4.53. The molecule has 2 N–H and O–H groups in total. The highest BCUT2D eigenvalue weighted by molar-refractivity contribution is 6.04. The standard InChI is InChI=1S/C13H17N3O3/c1-14-9-7-15(2)10-5-3-4-6-11(10)16(13(9)19)8-12(17)18/h3-6,9,14H,7-8H2,1-2H3,(H,17,18)/t9-/m0/s1. The minimum absolute atomic E-state index is 0.221. The quantitative estimate of drug-likeness (QED) is 0.811. The molecule has 1 aliphatic heterocycles. The Hall–Kier alpha value is -2.08. The van der Waals surface area contributed by atoms with Crippen LogP contribution in [0.3, 0.4) is 0 Å².